The summed E-state index contributed by atoms with van der Waals surface area (Å²) in [7, 11) is 0. The van der Waals surface area contributed by atoms with Crippen molar-refractivity contribution >= 4 is 11.6 Å². The molecule has 14 heavy (non-hydrogen) atoms. The summed E-state index contributed by atoms with van der Waals surface area (Å²) in [6.07, 6.45) is 4.92. The van der Waals surface area contributed by atoms with Gasteiger partial charge in [-0.3, -0.25) is 9.78 Å². The second-order valence-electron chi connectivity index (χ2n) is 3.02. The van der Waals surface area contributed by atoms with Gasteiger partial charge in [0.05, 0.1) is 24.0 Å². The van der Waals surface area contributed by atoms with E-state index in [4.69, 9.17) is 5.11 Å². The van der Waals surface area contributed by atoms with E-state index in [-0.39, 0.29) is 6.42 Å². The number of fused-ring (bicyclic) bond motifs is 1. The van der Waals surface area contributed by atoms with Crippen LogP contribution in [-0.2, 0) is 11.2 Å². The van der Waals surface area contributed by atoms with Gasteiger partial charge in [-0.2, -0.15) is 0 Å². The first-order chi connectivity index (χ1) is 6.68. The minimum atomic E-state index is -0.855. The highest BCUT2D eigenvalue weighted by molar-refractivity contribution is 5.70. The zero-order valence-corrected chi connectivity index (χ0v) is 7.64. The Morgan fingerprint density at radius 3 is 3.14 bits per heavy atom. The zero-order chi connectivity index (χ0) is 10.1. The van der Waals surface area contributed by atoms with Gasteiger partial charge in [-0.25, -0.2) is 4.98 Å². The van der Waals surface area contributed by atoms with Crippen LogP contribution in [0.25, 0.3) is 5.65 Å². The first kappa shape index (κ1) is 8.68. The minimum absolute atomic E-state index is 0.0169. The lowest BCUT2D eigenvalue weighted by atomic mass is 10.2. The predicted octanol–water partition coefficient (Wildman–Crippen LogP) is 0.665. The van der Waals surface area contributed by atoms with Crippen LogP contribution in [0.4, 0.5) is 0 Å². The van der Waals surface area contributed by atoms with E-state index in [1.807, 2.05) is 0 Å². The van der Waals surface area contributed by atoms with E-state index in [2.05, 4.69) is 9.97 Å². The molecule has 2 rings (SSSR count). The molecule has 1 N–H and O–H groups in total. The van der Waals surface area contributed by atoms with Crippen molar-refractivity contribution in [2.75, 3.05) is 0 Å². The highest BCUT2D eigenvalue weighted by Crippen LogP contribution is 2.10. The first-order valence-electron chi connectivity index (χ1n) is 4.18. The quantitative estimate of drug-likeness (QED) is 0.757. The fourth-order valence-corrected chi connectivity index (χ4v) is 1.43. The van der Waals surface area contributed by atoms with Crippen LogP contribution >= 0.6 is 0 Å². The highest BCUT2D eigenvalue weighted by Gasteiger charge is 2.11. The molecule has 0 fully saturated rings. The van der Waals surface area contributed by atoms with Crippen molar-refractivity contribution in [2.45, 2.75) is 13.3 Å². The van der Waals surface area contributed by atoms with Crippen LogP contribution in [0.15, 0.2) is 18.6 Å². The van der Waals surface area contributed by atoms with E-state index in [0.717, 1.165) is 5.69 Å². The summed E-state index contributed by atoms with van der Waals surface area (Å²) in [5.41, 5.74) is 2.12. The summed E-state index contributed by atoms with van der Waals surface area (Å²) >= 11 is 0. The predicted molar refractivity (Wildman–Crippen MR) is 49.1 cm³/mol. The molecule has 0 aliphatic heterocycles. The number of rotatable bonds is 2. The Morgan fingerprint density at radius 2 is 2.43 bits per heavy atom. The fourth-order valence-electron chi connectivity index (χ4n) is 1.43. The lowest BCUT2D eigenvalue weighted by molar-refractivity contribution is -0.136. The Hall–Kier alpha value is -1.91. The van der Waals surface area contributed by atoms with Crippen molar-refractivity contribution in [3.05, 3.63) is 30.0 Å². The molecular formula is C9H9N3O2. The maximum atomic E-state index is 10.6. The topological polar surface area (TPSA) is 67.5 Å². The van der Waals surface area contributed by atoms with Gasteiger partial charge in [-0.15, -0.1) is 0 Å². The van der Waals surface area contributed by atoms with E-state index in [9.17, 15) is 4.79 Å². The van der Waals surface area contributed by atoms with Crippen molar-refractivity contribution in [3.8, 4) is 0 Å². The molecule has 5 nitrogen and oxygen atoms in total. The summed E-state index contributed by atoms with van der Waals surface area (Å²) in [6.45, 7) is 1.80. The Kier molecular flexibility index (Phi) is 1.92. The van der Waals surface area contributed by atoms with Gasteiger partial charge in [0.1, 0.15) is 0 Å². The molecule has 0 bridgehead atoms. The van der Waals surface area contributed by atoms with Crippen molar-refractivity contribution in [1.82, 2.24) is 14.4 Å². The van der Waals surface area contributed by atoms with Gasteiger partial charge in [-0.05, 0) is 6.92 Å². The Morgan fingerprint density at radius 1 is 1.64 bits per heavy atom. The maximum Gasteiger partial charge on any atom is 0.309 e. The first-order valence-corrected chi connectivity index (χ1v) is 4.18. The monoisotopic (exact) mass is 191 g/mol. The zero-order valence-electron chi connectivity index (χ0n) is 7.64. The van der Waals surface area contributed by atoms with Crippen LogP contribution in [0.1, 0.15) is 11.4 Å². The molecule has 2 aromatic heterocycles. The summed E-state index contributed by atoms with van der Waals surface area (Å²) in [5, 5.41) is 8.71. The van der Waals surface area contributed by atoms with Crippen molar-refractivity contribution in [1.29, 1.82) is 0 Å². The molecule has 0 spiro atoms. The number of carboxylic acids is 1. The van der Waals surface area contributed by atoms with Crippen LogP contribution in [0.3, 0.4) is 0 Å². The number of carboxylic acid groups (broad SMARTS) is 1. The Bertz CT molecular complexity index is 490. The number of aliphatic carboxylic acids is 1. The van der Waals surface area contributed by atoms with Crippen LogP contribution in [0, 0.1) is 6.92 Å². The molecule has 0 unspecified atom stereocenters. The number of nitrogens with zero attached hydrogens (tertiary/aromatic N) is 3. The molecule has 72 valence electrons. The molecular weight excluding hydrogens is 182 g/mol. The molecule has 0 saturated carbocycles. The van der Waals surface area contributed by atoms with Gasteiger partial charge in [0.2, 0.25) is 0 Å². The lowest BCUT2D eigenvalue weighted by Crippen LogP contribution is -2.04. The third kappa shape index (κ3) is 1.32. The molecule has 0 saturated heterocycles. The second kappa shape index (κ2) is 3.10. The van der Waals surface area contributed by atoms with E-state index in [1.165, 1.54) is 0 Å². The molecule has 0 amide bonds. The van der Waals surface area contributed by atoms with E-state index >= 15 is 0 Å². The van der Waals surface area contributed by atoms with Gasteiger partial charge >= 0.3 is 5.97 Å². The fraction of sp³-hybridized carbons (Fsp3) is 0.222. The molecule has 2 aromatic rings. The van der Waals surface area contributed by atoms with Crippen LogP contribution < -0.4 is 0 Å². The normalized spacial score (nSPS) is 10.6. The number of aryl methyl sites for hydroxylation is 1. The summed E-state index contributed by atoms with van der Waals surface area (Å²) in [4.78, 5) is 18.7. The molecule has 2 heterocycles. The largest absolute Gasteiger partial charge is 0.481 e. The van der Waals surface area contributed by atoms with Crippen LogP contribution in [0.5, 0.6) is 0 Å². The summed E-state index contributed by atoms with van der Waals surface area (Å²) < 4.78 is 1.75. The average Bonchev–Trinajstić information content (AvgIpc) is 2.43. The van der Waals surface area contributed by atoms with Gasteiger partial charge in [0.25, 0.3) is 0 Å². The average molecular weight is 191 g/mol. The maximum absolute atomic E-state index is 10.6. The molecule has 0 atom stereocenters. The highest BCUT2D eigenvalue weighted by atomic mass is 16.4. The number of imidazole rings is 1. The number of aromatic nitrogens is 3. The molecule has 0 aliphatic carbocycles. The van der Waals surface area contributed by atoms with Crippen molar-refractivity contribution in [2.24, 2.45) is 0 Å². The van der Waals surface area contributed by atoms with E-state index < -0.39 is 5.97 Å². The number of carbonyl (C=O) groups is 1. The van der Waals surface area contributed by atoms with E-state index in [1.54, 1.807) is 29.9 Å². The third-order valence-corrected chi connectivity index (χ3v) is 2.05. The SMILES string of the molecule is Cc1nc2cnccn2c1CC(=O)O. The van der Waals surface area contributed by atoms with E-state index in [0.29, 0.717) is 11.3 Å². The standard InChI is InChI=1S/C9H9N3O2/c1-6-7(4-9(13)14)12-3-2-10-5-8(12)11-6/h2-3,5H,4H2,1H3,(H,13,14). The van der Waals surface area contributed by atoms with Gasteiger partial charge in [-0.1, -0.05) is 0 Å². The molecule has 5 heteroatoms. The lowest BCUT2D eigenvalue weighted by Gasteiger charge is -1.97. The van der Waals surface area contributed by atoms with Gasteiger partial charge in [0, 0.05) is 12.4 Å². The third-order valence-electron chi connectivity index (χ3n) is 2.05. The summed E-state index contributed by atoms with van der Waals surface area (Å²) in [6, 6.07) is 0. The molecule has 0 aliphatic rings. The Labute approximate surface area is 80.0 Å². The summed E-state index contributed by atoms with van der Waals surface area (Å²) in [5.74, 6) is -0.855. The van der Waals surface area contributed by atoms with Crippen LogP contribution in [0.2, 0.25) is 0 Å². The second-order valence-corrected chi connectivity index (χ2v) is 3.02. The van der Waals surface area contributed by atoms with Crippen molar-refractivity contribution in [3.63, 3.8) is 0 Å². The van der Waals surface area contributed by atoms with Gasteiger partial charge < -0.3 is 9.51 Å². The number of hydrogen-bond donors (Lipinski definition) is 1. The number of hydrogen-bond acceptors (Lipinski definition) is 3. The Balaban J connectivity index is 2.62. The van der Waals surface area contributed by atoms with Gasteiger partial charge in [0.15, 0.2) is 5.65 Å². The minimum Gasteiger partial charge on any atom is -0.481 e. The van der Waals surface area contributed by atoms with Crippen molar-refractivity contribution < 1.29 is 9.90 Å². The smallest absolute Gasteiger partial charge is 0.309 e. The van der Waals surface area contributed by atoms with Crippen LogP contribution in [-0.4, -0.2) is 25.4 Å². The molecule has 0 aromatic carbocycles. The molecule has 0 radical (unpaired) electrons.